The van der Waals surface area contributed by atoms with Gasteiger partial charge in [0.2, 0.25) is 0 Å². The first-order valence-corrected chi connectivity index (χ1v) is 7.78. The van der Waals surface area contributed by atoms with Crippen LogP contribution in [0, 0.1) is 10.1 Å². The Morgan fingerprint density at radius 3 is 2.96 bits per heavy atom. The van der Waals surface area contributed by atoms with Crippen molar-refractivity contribution >= 4 is 30.5 Å². The lowest BCUT2D eigenvalue weighted by atomic mass is 10.2. The first-order valence-electron chi connectivity index (χ1n) is 7.78. The summed E-state index contributed by atoms with van der Waals surface area (Å²) < 4.78 is 5.75. The summed E-state index contributed by atoms with van der Waals surface area (Å²) in [5, 5.41) is 14.2. The number of non-ortho nitro benzene ring substituents is 1. The van der Waals surface area contributed by atoms with Crippen molar-refractivity contribution in [2.45, 2.75) is 19.4 Å². The number of piperazine rings is 1. The largest absolute Gasteiger partial charge is 0.441 e. The van der Waals surface area contributed by atoms with Crippen molar-refractivity contribution < 1.29 is 9.34 Å². The molecular weight excluding hydrogens is 367 g/mol. The minimum atomic E-state index is -0.410. The van der Waals surface area contributed by atoms with E-state index < -0.39 is 4.92 Å². The van der Waals surface area contributed by atoms with E-state index in [0.717, 1.165) is 32.6 Å². The van der Waals surface area contributed by atoms with E-state index in [-0.39, 0.29) is 30.5 Å². The summed E-state index contributed by atoms with van der Waals surface area (Å²) in [5.41, 5.74) is 0.726. The maximum absolute atomic E-state index is 10.8. The second kappa shape index (κ2) is 9.72. The molecule has 0 amide bonds. The fourth-order valence-corrected chi connectivity index (χ4v) is 2.79. The molecule has 1 aliphatic heterocycles. The Labute approximate surface area is 158 Å². The molecule has 9 heteroatoms. The highest BCUT2D eigenvalue weighted by Gasteiger charge is 2.18. The number of halogens is 2. The molecule has 2 aromatic rings. The SMILES string of the molecule is C[C@H]1CNCCN1CCc1ncc(-c2cccc([N+](=O)[O-])c2)o1.Cl.Cl. The van der Waals surface area contributed by atoms with Gasteiger partial charge in [-0.25, -0.2) is 4.98 Å². The quantitative estimate of drug-likeness (QED) is 0.625. The van der Waals surface area contributed by atoms with Crippen LogP contribution in [0.15, 0.2) is 34.9 Å². The van der Waals surface area contributed by atoms with Crippen LogP contribution in [0.3, 0.4) is 0 Å². The third kappa shape index (κ3) is 5.40. The van der Waals surface area contributed by atoms with Crippen molar-refractivity contribution in [2.24, 2.45) is 0 Å². The van der Waals surface area contributed by atoms with Crippen molar-refractivity contribution in [3.63, 3.8) is 0 Å². The number of nitrogens with zero attached hydrogens (tertiary/aromatic N) is 3. The summed E-state index contributed by atoms with van der Waals surface area (Å²) >= 11 is 0. The van der Waals surface area contributed by atoms with Gasteiger partial charge in [0, 0.05) is 56.3 Å². The predicted octanol–water partition coefficient (Wildman–Crippen LogP) is 2.93. The van der Waals surface area contributed by atoms with Crippen LogP contribution >= 0.6 is 24.8 Å². The standard InChI is InChI=1S/C16H20N4O3.2ClH/c1-12-10-17-6-8-19(12)7-5-16-18-11-15(23-16)13-3-2-4-14(9-13)20(21)22;;/h2-4,9,11-12,17H,5-8,10H2,1H3;2*1H/t12-;;/m0../s1. The zero-order valence-electron chi connectivity index (χ0n) is 13.9. The van der Waals surface area contributed by atoms with Gasteiger partial charge in [0.25, 0.3) is 5.69 Å². The van der Waals surface area contributed by atoms with E-state index in [4.69, 9.17) is 4.42 Å². The average molecular weight is 389 g/mol. The van der Waals surface area contributed by atoms with Gasteiger partial charge in [-0.2, -0.15) is 0 Å². The molecule has 7 nitrogen and oxygen atoms in total. The molecule has 0 aliphatic carbocycles. The van der Waals surface area contributed by atoms with Crippen molar-refractivity contribution in [3.05, 3.63) is 46.5 Å². The third-order valence-electron chi connectivity index (χ3n) is 4.15. The summed E-state index contributed by atoms with van der Waals surface area (Å²) in [5.74, 6) is 1.23. The average Bonchev–Trinajstić information content (AvgIpc) is 3.03. The monoisotopic (exact) mass is 388 g/mol. The number of oxazole rings is 1. The highest BCUT2D eigenvalue weighted by Crippen LogP contribution is 2.24. The van der Waals surface area contributed by atoms with Crippen LogP contribution < -0.4 is 5.32 Å². The molecule has 0 saturated carbocycles. The van der Waals surface area contributed by atoms with E-state index >= 15 is 0 Å². The maximum atomic E-state index is 10.8. The van der Waals surface area contributed by atoms with Crippen molar-refractivity contribution in [1.29, 1.82) is 0 Å². The van der Waals surface area contributed by atoms with Gasteiger partial charge in [-0.05, 0) is 6.92 Å². The molecule has 1 aromatic carbocycles. The Bertz CT molecular complexity index is 696. The highest BCUT2D eigenvalue weighted by atomic mass is 35.5. The second-order valence-corrected chi connectivity index (χ2v) is 5.76. The van der Waals surface area contributed by atoms with E-state index in [1.54, 1.807) is 18.3 Å². The predicted molar refractivity (Wildman–Crippen MR) is 101 cm³/mol. The van der Waals surface area contributed by atoms with Gasteiger partial charge >= 0.3 is 0 Å². The summed E-state index contributed by atoms with van der Waals surface area (Å²) in [7, 11) is 0. The molecule has 0 bridgehead atoms. The van der Waals surface area contributed by atoms with Gasteiger partial charge < -0.3 is 9.73 Å². The Hall–Kier alpha value is -1.67. The highest BCUT2D eigenvalue weighted by molar-refractivity contribution is 5.85. The van der Waals surface area contributed by atoms with Gasteiger partial charge in [0.05, 0.1) is 11.1 Å². The lowest BCUT2D eigenvalue weighted by molar-refractivity contribution is -0.384. The molecule has 1 atom stereocenters. The zero-order chi connectivity index (χ0) is 16.2. The van der Waals surface area contributed by atoms with Gasteiger partial charge in [0.1, 0.15) is 0 Å². The van der Waals surface area contributed by atoms with E-state index in [0.29, 0.717) is 23.3 Å². The molecule has 1 fully saturated rings. The number of nitro groups is 1. The molecule has 1 saturated heterocycles. The van der Waals surface area contributed by atoms with E-state index in [1.165, 1.54) is 12.1 Å². The number of rotatable bonds is 5. The minimum absolute atomic E-state index is 0. The lowest BCUT2D eigenvalue weighted by Crippen LogP contribution is -2.50. The maximum Gasteiger partial charge on any atom is 0.270 e. The number of aromatic nitrogens is 1. The van der Waals surface area contributed by atoms with Crippen LogP contribution in [0.1, 0.15) is 12.8 Å². The van der Waals surface area contributed by atoms with Crippen LogP contribution in [-0.2, 0) is 6.42 Å². The van der Waals surface area contributed by atoms with E-state index in [9.17, 15) is 10.1 Å². The topological polar surface area (TPSA) is 84.4 Å². The molecule has 0 spiro atoms. The lowest BCUT2D eigenvalue weighted by Gasteiger charge is -2.33. The van der Waals surface area contributed by atoms with E-state index in [2.05, 4.69) is 22.1 Å². The van der Waals surface area contributed by atoms with Crippen LogP contribution in [0.25, 0.3) is 11.3 Å². The van der Waals surface area contributed by atoms with E-state index in [1.807, 2.05) is 0 Å². The normalized spacial score (nSPS) is 17.4. The van der Waals surface area contributed by atoms with Crippen molar-refractivity contribution in [1.82, 2.24) is 15.2 Å². The molecule has 1 aromatic heterocycles. The number of nitro benzene ring substituents is 1. The van der Waals surface area contributed by atoms with Crippen LogP contribution in [0.2, 0.25) is 0 Å². The first kappa shape index (κ1) is 21.4. The summed E-state index contributed by atoms with van der Waals surface area (Å²) in [4.78, 5) is 17.1. The molecule has 1 N–H and O–H groups in total. The molecule has 1 aliphatic rings. The summed E-state index contributed by atoms with van der Waals surface area (Å²) in [6.45, 7) is 6.15. The number of hydrogen-bond acceptors (Lipinski definition) is 6. The Balaban J connectivity index is 0.00000156. The Morgan fingerprint density at radius 1 is 1.44 bits per heavy atom. The molecule has 138 valence electrons. The molecule has 25 heavy (non-hydrogen) atoms. The van der Waals surface area contributed by atoms with Crippen LogP contribution in [0.5, 0.6) is 0 Å². The number of benzene rings is 1. The number of hydrogen-bond donors (Lipinski definition) is 1. The van der Waals surface area contributed by atoms with Gasteiger partial charge in [-0.3, -0.25) is 15.0 Å². The third-order valence-corrected chi connectivity index (χ3v) is 4.15. The van der Waals surface area contributed by atoms with Crippen LogP contribution in [-0.4, -0.2) is 47.0 Å². The van der Waals surface area contributed by atoms with Gasteiger partial charge in [-0.1, -0.05) is 12.1 Å². The van der Waals surface area contributed by atoms with Crippen molar-refractivity contribution in [2.75, 3.05) is 26.2 Å². The second-order valence-electron chi connectivity index (χ2n) is 5.76. The van der Waals surface area contributed by atoms with Gasteiger partial charge in [-0.15, -0.1) is 24.8 Å². The fourth-order valence-electron chi connectivity index (χ4n) is 2.79. The summed E-state index contributed by atoms with van der Waals surface area (Å²) in [6.07, 6.45) is 2.37. The zero-order valence-corrected chi connectivity index (χ0v) is 15.5. The smallest absolute Gasteiger partial charge is 0.270 e. The molecule has 0 unspecified atom stereocenters. The van der Waals surface area contributed by atoms with Crippen molar-refractivity contribution in [3.8, 4) is 11.3 Å². The first-order chi connectivity index (χ1) is 11.1. The summed E-state index contributed by atoms with van der Waals surface area (Å²) in [6, 6.07) is 6.91. The fraction of sp³-hybridized carbons (Fsp3) is 0.438. The molecule has 2 heterocycles. The number of nitrogens with one attached hydrogen (secondary N) is 1. The minimum Gasteiger partial charge on any atom is -0.441 e. The van der Waals surface area contributed by atoms with Crippen LogP contribution in [0.4, 0.5) is 5.69 Å². The molecule has 0 radical (unpaired) electrons. The van der Waals surface area contributed by atoms with Gasteiger partial charge in [0.15, 0.2) is 11.7 Å². The molecular formula is C16H22Cl2N4O3. The Morgan fingerprint density at radius 2 is 2.24 bits per heavy atom. The molecule has 3 rings (SSSR count). The Kier molecular flexibility index (Phi) is 8.31.